The van der Waals surface area contributed by atoms with E-state index in [1.54, 1.807) is 0 Å². The van der Waals surface area contributed by atoms with Crippen LogP contribution in [-0.2, 0) is 24.4 Å². The molecule has 2 aromatic carbocycles. The van der Waals surface area contributed by atoms with Crippen molar-refractivity contribution in [3.8, 4) is 0 Å². The fourth-order valence-electron chi connectivity index (χ4n) is 2.86. The Morgan fingerprint density at radius 1 is 1.14 bits per heavy atom. The van der Waals surface area contributed by atoms with E-state index in [4.69, 9.17) is 4.74 Å². The van der Waals surface area contributed by atoms with Gasteiger partial charge in [0.25, 0.3) is 0 Å². The molecule has 21 heavy (non-hydrogen) atoms. The molecular weight excluding hydrogens is 326 g/mol. The molecule has 0 bridgehead atoms. The van der Waals surface area contributed by atoms with Crippen LogP contribution in [0.15, 0.2) is 46.9 Å². The molecule has 110 valence electrons. The van der Waals surface area contributed by atoms with Crippen LogP contribution in [0.4, 0.5) is 0 Å². The molecule has 1 heterocycles. The maximum absolute atomic E-state index is 5.52. The summed E-state index contributed by atoms with van der Waals surface area (Å²) in [7, 11) is 0. The number of hydrogen-bond acceptors (Lipinski definition) is 2. The zero-order valence-electron chi connectivity index (χ0n) is 12.2. The minimum Gasteiger partial charge on any atom is -0.372 e. The first kappa shape index (κ1) is 14.8. The third-order valence-electron chi connectivity index (χ3n) is 3.93. The third kappa shape index (κ3) is 3.54. The van der Waals surface area contributed by atoms with Gasteiger partial charge in [0, 0.05) is 10.5 Å². The Hall–Kier alpha value is -1.16. The molecule has 0 saturated carbocycles. The first-order valence-electron chi connectivity index (χ1n) is 7.43. The van der Waals surface area contributed by atoms with Gasteiger partial charge in [-0.3, -0.25) is 0 Å². The van der Waals surface area contributed by atoms with Crippen molar-refractivity contribution >= 4 is 15.9 Å². The average molecular weight is 346 g/mol. The van der Waals surface area contributed by atoms with Crippen LogP contribution < -0.4 is 5.32 Å². The number of likely N-dealkylation sites (N-methyl/N-ethyl adjacent to an activating group) is 1. The minimum absolute atomic E-state index is 0.343. The molecule has 3 rings (SSSR count). The summed E-state index contributed by atoms with van der Waals surface area (Å²) in [5.41, 5.74) is 5.36. The summed E-state index contributed by atoms with van der Waals surface area (Å²) in [6.07, 6.45) is 0.993. The number of rotatable bonds is 5. The molecule has 0 aliphatic carbocycles. The highest BCUT2D eigenvalue weighted by atomic mass is 79.9. The normalized spacial score (nSPS) is 15.0. The molecule has 0 saturated heterocycles. The lowest BCUT2D eigenvalue weighted by Gasteiger charge is -2.19. The van der Waals surface area contributed by atoms with E-state index in [0.29, 0.717) is 6.04 Å². The van der Waals surface area contributed by atoms with E-state index in [1.807, 2.05) is 0 Å². The summed E-state index contributed by atoms with van der Waals surface area (Å²) in [5, 5.41) is 3.60. The number of halogens is 1. The van der Waals surface area contributed by atoms with Crippen LogP contribution in [0.25, 0.3) is 0 Å². The lowest BCUT2D eigenvalue weighted by Crippen LogP contribution is -2.23. The lowest BCUT2D eigenvalue weighted by molar-refractivity contribution is 0.134. The van der Waals surface area contributed by atoms with Crippen molar-refractivity contribution in [3.63, 3.8) is 0 Å². The highest BCUT2D eigenvalue weighted by Crippen LogP contribution is 2.26. The first-order valence-corrected chi connectivity index (χ1v) is 8.23. The highest BCUT2D eigenvalue weighted by molar-refractivity contribution is 9.10. The van der Waals surface area contributed by atoms with Crippen LogP contribution in [0.5, 0.6) is 0 Å². The number of hydrogen-bond donors (Lipinski definition) is 1. The van der Waals surface area contributed by atoms with Crippen LogP contribution in [0, 0.1) is 0 Å². The van der Waals surface area contributed by atoms with Crippen molar-refractivity contribution < 1.29 is 4.74 Å². The van der Waals surface area contributed by atoms with Gasteiger partial charge < -0.3 is 10.1 Å². The molecule has 1 aliphatic heterocycles. The van der Waals surface area contributed by atoms with Gasteiger partial charge >= 0.3 is 0 Å². The monoisotopic (exact) mass is 345 g/mol. The van der Waals surface area contributed by atoms with E-state index in [9.17, 15) is 0 Å². The van der Waals surface area contributed by atoms with E-state index >= 15 is 0 Å². The third-order valence-corrected chi connectivity index (χ3v) is 4.42. The van der Waals surface area contributed by atoms with Gasteiger partial charge in [0.1, 0.15) is 0 Å². The van der Waals surface area contributed by atoms with Gasteiger partial charge in [-0.05, 0) is 47.4 Å². The molecule has 1 N–H and O–H groups in total. The van der Waals surface area contributed by atoms with Gasteiger partial charge in [-0.2, -0.15) is 0 Å². The molecule has 1 aliphatic rings. The summed E-state index contributed by atoms with van der Waals surface area (Å²) in [5.74, 6) is 0. The maximum Gasteiger partial charge on any atom is 0.0725 e. The molecular formula is C18H20BrNO. The van der Waals surface area contributed by atoms with Gasteiger partial charge in [0.15, 0.2) is 0 Å². The van der Waals surface area contributed by atoms with E-state index < -0.39 is 0 Å². The largest absolute Gasteiger partial charge is 0.372 e. The summed E-state index contributed by atoms with van der Waals surface area (Å²) < 4.78 is 6.65. The van der Waals surface area contributed by atoms with Gasteiger partial charge in [-0.15, -0.1) is 0 Å². The van der Waals surface area contributed by atoms with Crippen LogP contribution in [0.1, 0.15) is 35.2 Å². The second kappa shape index (κ2) is 6.73. The van der Waals surface area contributed by atoms with Crippen LogP contribution in [0.3, 0.4) is 0 Å². The SMILES string of the molecule is CCNC(Cc1cccc(Br)c1)c1ccc2c(c1)COC2. The van der Waals surface area contributed by atoms with Gasteiger partial charge in [0.05, 0.1) is 13.2 Å². The zero-order chi connectivity index (χ0) is 14.7. The first-order chi connectivity index (χ1) is 10.3. The quantitative estimate of drug-likeness (QED) is 0.868. The Morgan fingerprint density at radius 2 is 2.00 bits per heavy atom. The molecule has 0 aromatic heterocycles. The van der Waals surface area contributed by atoms with Crippen LogP contribution in [0.2, 0.25) is 0 Å². The van der Waals surface area contributed by atoms with Crippen molar-refractivity contribution in [2.75, 3.05) is 6.54 Å². The fourth-order valence-corrected chi connectivity index (χ4v) is 3.31. The van der Waals surface area contributed by atoms with E-state index in [0.717, 1.165) is 30.7 Å². The Kier molecular flexibility index (Phi) is 4.73. The van der Waals surface area contributed by atoms with Gasteiger partial charge in [-0.1, -0.05) is 53.2 Å². The maximum atomic E-state index is 5.52. The second-order valence-electron chi connectivity index (χ2n) is 5.47. The lowest BCUT2D eigenvalue weighted by atomic mass is 9.96. The zero-order valence-corrected chi connectivity index (χ0v) is 13.8. The van der Waals surface area contributed by atoms with Gasteiger partial charge in [-0.25, -0.2) is 0 Å². The fraction of sp³-hybridized carbons (Fsp3) is 0.333. The predicted molar refractivity (Wildman–Crippen MR) is 89.2 cm³/mol. The summed E-state index contributed by atoms with van der Waals surface area (Å²) >= 11 is 3.55. The number of fused-ring (bicyclic) bond motifs is 1. The molecule has 2 nitrogen and oxygen atoms in total. The molecule has 2 aromatic rings. The Labute approximate surface area is 134 Å². The van der Waals surface area contributed by atoms with Gasteiger partial charge in [0.2, 0.25) is 0 Å². The smallest absolute Gasteiger partial charge is 0.0725 e. The minimum atomic E-state index is 0.343. The Balaban J connectivity index is 1.84. The van der Waals surface area contributed by atoms with Crippen molar-refractivity contribution in [1.29, 1.82) is 0 Å². The van der Waals surface area contributed by atoms with Crippen molar-refractivity contribution in [2.24, 2.45) is 0 Å². The molecule has 1 atom stereocenters. The Bertz CT molecular complexity index is 626. The van der Waals surface area contributed by atoms with Crippen LogP contribution >= 0.6 is 15.9 Å². The van der Waals surface area contributed by atoms with E-state index in [-0.39, 0.29) is 0 Å². The van der Waals surface area contributed by atoms with E-state index in [1.165, 1.54) is 22.3 Å². The summed E-state index contributed by atoms with van der Waals surface area (Å²) in [6.45, 7) is 4.63. The summed E-state index contributed by atoms with van der Waals surface area (Å²) in [6, 6.07) is 15.6. The standard InChI is InChI=1S/C18H20BrNO/c1-2-20-18(9-13-4-3-5-17(19)8-13)14-6-7-15-11-21-12-16(15)10-14/h3-8,10,18,20H,2,9,11-12H2,1H3. The van der Waals surface area contributed by atoms with Crippen molar-refractivity contribution in [1.82, 2.24) is 5.32 Å². The van der Waals surface area contributed by atoms with Crippen molar-refractivity contribution in [2.45, 2.75) is 32.6 Å². The number of benzene rings is 2. The number of nitrogens with one attached hydrogen (secondary N) is 1. The Morgan fingerprint density at radius 3 is 2.81 bits per heavy atom. The molecule has 0 fully saturated rings. The highest BCUT2D eigenvalue weighted by Gasteiger charge is 2.16. The molecule has 0 radical (unpaired) electrons. The molecule has 1 unspecified atom stereocenters. The van der Waals surface area contributed by atoms with E-state index in [2.05, 4.69) is 70.6 Å². The van der Waals surface area contributed by atoms with Crippen LogP contribution in [-0.4, -0.2) is 6.54 Å². The molecule has 3 heteroatoms. The average Bonchev–Trinajstić information content (AvgIpc) is 2.94. The molecule has 0 spiro atoms. The molecule has 0 amide bonds. The topological polar surface area (TPSA) is 21.3 Å². The van der Waals surface area contributed by atoms with Crippen molar-refractivity contribution in [3.05, 3.63) is 69.2 Å². The number of ether oxygens (including phenoxy) is 1. The second-order valence-corrected chi connectivity index (χ2v) is 6.38. The predicted octanol–water partition coefficient (Wildman–Crippen LogP) is 4.37. The summed E-state index contributed by atoms with van der Waals surface area (Å²) in [4.78, 5) is 0.